The molecule has 0 bridgehead atoms. The van der Waals surface area contributed by atoms with E-state index in [1.54, 1.807) is 11.8 Å². The van der Waals surface area contributed by atoms with E-state index < -0.39 is 11.7 Å². The lowest BCUT2D eigenvalue weighted by Gasteiger charge is -2.46. The third kappa shape index (κ3) is 2.64. The number of carbonyl (C=O) groups is 1. The Balaban J connectivity index is 1.87. The molecule has 98 valence electrons. The first kappa shape index (κ1) is 12.9. The molecule has 0 aliphatic carbocycles. The van der Waals surface area contributed by atoms with Crippen LogP contribution < -0.4 is 4.74 Å². The molecule has 1 aliphatic rings. The Kier molecular flexibility index (Phi) is 3.57. The van der Waals surface area contributed by atoms with Crippen molar-refractivity contribution in [1.82, 2.24) is 4.90 Å². The fourth-order valence-electron chi connectivity index (χ4n) is 2.05. The van der Waals surface area contributed by atoms with Crippen LogP contribution in [0.5, 0.6) is 5.75 Å². The van der Waals surface area contributed by atoms with Crippen molar-refractivity contribution in [2.75, 3.05) is 13.1 Å². The van der Waals surface area contributed by atoms with Crippen molar-refractivity contribution in [3.05, 3.63) is 30.3 Å². The van der Waals surface area contributed by atoms with Crippen LogP contribution in [0.1, 0.15) is 20.3 Å². The maximum Gasteiger partial charge on any atom is 0.263 e. The molecule has 2 rings (SSSR count). The number of hydrogen-bond acceptors (Lipinski definition) is 3. The topological polar surface area (TPSA) is 49.8 Å². The first-order chi connectivity index (χ1) is 8.54. The molecule has 18 heavy (non-hydrogen) atoms. The van der Waals surface area contributed by atoms with Crippen molar-refractivity contribution in [3.63, 3.8) is 0 Å². The summed E-state index contributed by atoms with van der Waals surface area (Å²) in [5, 5.41) is 9.87. The highest BCUT2D eigenvalue weighted by molar-refractivity contribution is 5.82. The van der Waals surface area contributed by atoms with Crippen LogP contribution in [0, 0.1) is 0 Å². The molecule has 4 heteroatoms. The molecule has 1 saturated heterocycles. The lowest BCUT2D eigenvalue weighted by Crippen LogP contribution is -2.64. The molecule has 0 aromatic heterocycles. The fraction of sp³-hybridized carbons (Fsp3) is 0.500. The molecule has 1 fully saturated rings. The normalized spacial score (nSPS) is 18.9. The smallest absolute Gasteiger partial charge is 0.263 e. The number of β-amino-alcohol motifs (C(OH)–C–C–N with tert-alkyl or cyclic N) is 1. The highest BCUT2D eigenvalue weighted by Gasteiger charge is 2.43. The fourth-order valence-corrected chi connectivity index (χ4v) is 2.05. The van der Waals surface area contributed by atoms with E-state index >= 15 is 0 Å². The number of hydrogen-bond donors (Lipinski definition) is 1. The lowest BCUT2D eigenvalue weighted by atomic mass is 9.91. The number of benzene rings is 1. The summed E-state index contributed by atoms with van der Waals surface area (Å²) in [7, 11) is 0. The van der Waals surface area contributed by atoms with Gasteiger partial charge in [-0.2, -0.15) is 0 Å². The van der Waals surface area contributed by atoms with Crippen LogP contribution >= 0.6 is 0 Å². The minimum Gasteiger partial charge on any atom is -0.481 e. The number of rotatable bonds is 4. The lowest BCUT2D eigenvalue weighted by molar-refractivity contribution is -0.162. The zero-order chi connectivity index (χ0) is 13.2. The van der Waals surface area contributed by atoms with E-state index in [0.717, 1.165) is 0 Å². The average Bonchev–Trinajstić information content (AvgIpc) is 2.35. The first-order valence-electron chi connectivity index (χ1n) is 6.27. The Morgan fingerprint density at radius 1 is 1.44 bits per heavy atom. The van der Waals surface area contributed by atoms with E-state index in [9.17, 15) is 9.90 Å². The monoisotopic (exact) mass is 249 g/mol. The Morgan fingerprint density at radius 3 is 2.61 bits per heavy atom. The van der Waals surface area contributed by atoms with Crippen molar-refractivity contribution >= 4 is 5.91 Å². The molecule has 0 radical (unpaired) electrons. The van der Waals surface area contributed by atoms with Crippen molar-refractivity contribution < 1.29 is 14.6 Å². The molecule has 4 nitrogen and oxygen atoms in total. The Bertz CT molecular complexity index is 412. The molecule has 0 saturated carbocycles. The predicted octanol–water partition coefficient (Wildman–Crippen LogP) is 1.44. The number of amides is 1. The molecule has 0 spiro atoms. The zero-order valence-corrected chi connectivity index (χ0v) is 10.8. The SMILES string of the molecule is CCC1(O)CN(C(=O)C(C)Oc2ccccc2)C1. The quantitative estimate of drug-likeness (QED) is 0.878. The molecule has 1 unspecified atom stereocenters. The van der Waals surface area contributed by atoms with E-state index in [-0.39, 0.29) is 5.91 Å². The zero-order valence-electron chi connectivity index (χ0n) is 10.8. The molecular formula is C14H19NO3. The second-order valence-electron chi connectivity index (χ2n) is 4.85. The summed E-state index contributed by atoms with van der Waals surface area (Å²) in [6.07, 6.45) is 0.152. The van der Waals surface area contributed by atoms with Gasteiger partial charge >= 0.3 is 0 Å². The summed E-state index contributed by atoms with van der Waals surface area (Å²) in [5.74, 6) is 0.613. The van der Waals surface area contributed by atoms with Gasteiger partial charge in [0.15, 0.2) is 6.10 Å². The standard InChI is InChI=1S/C14H19NO3/c1-3-14(17)9-15(10-14)13(16)11(2)18-12-7-5-4-6-8-12/h4-8,11,17H,3,9-10H2,1-2H3. The average molecular weight is 249 g/mol. The van der Waals surface area contributed by atoms with Crippen molar-refractivity contribution in [3.8, 4) is 5.75 Å². The summed E-state index contributed by atoms with van der Waals surface area (Å²) in [6, 6.07) is 9.28. The summed E-state index contributed by atoms with van der Waals surface area (Å²) in [5.41, 5.74) is -0.692. The highest BCUT2D eigenvalue weighted by atomic mass is 16.5. The molecule has 1 heterocycles. The van der Waals surface area contributed by atoms with Gasteiger partial charge in [0.05, 0.1) is 18.7 Å². The second kappa shape index (κ2) is 4.98. The van der Waals surface area contributed by atoms with Gasteiger partial charge in [0.25, 0.3) is 5.91 Å². The van der Waals surface area contributed by atoms with E-state index in [2.05, 4.69) is 0 Å². The van der Waals surface area contributed by atoms with Gasteiger partial charge in [-0.15, -0.1) is 0 Å². The van der Waals surface area contributed by atoms with Crippen LogP contribution in [0.3, 0.4) is 0 Å². The molecule has 1 aromatic rings. The van der Waals surface area contributed by atoms with Gasteiger partial charge < -0.3 is 14.7 Å². The second-order valence-corrected chi connectivity index (χ2v) is 4.85. The minimum atomic E-state index is -0.692. The number of aliphatic hydroxyl groups is 1. The first-order valence-corrected chi connectivity index (χ1v) is 6.27. The number of likely N-dealkylation sites (tertiary alicyclic amines) is 1. The van der Waals surface area contributed by atoms with E-state index in [0.29, 0.717) is 25.3 Å². The van der Waals surface area contributed by atoms with Crippen molar-refractivity contribution in [1.29, 1.82) is 0 Å². The van der Waals surface area contributed by atoms with Gasteiger partial charge in [-0.3, -0.25) is 4.79 Å². The molecule has 1 aromatic carbocycles. The predicted molar refractivity (Wildman–Crippen MR) is 68.4 cm³/mol. The van der Waals surface area contributed by atoms with Crippen LogP contribution in [0.2, 0.25) is 0 Å². The Hall–Kier alpha value is -1.55. The van der Waals surface area contributed by atoms with Crippen LogP contribution in [0.15, 0.2) is 30.3 Å². The minimum absolute atomic E-state index is 0.0722. The molecule has 1 N–H and O–H groups in total. The third-order valence-corrected chi connectivity index (χ3v) is 3.34. The maximum atomic E-state index is 12.0. The molecule has 1 atom stereocenters. The van der Waals surface area contributed by atoms with Crippen LogP contribution in [-0.2, 0) is 4.79 Å². The van der Waals surface area contributed by atoms with Crippen molar-refractivity contribution in [2.24, 2.45) is 0 Å². The van der Waals surface area contributed by atoms with Crippen LogP contribution in [-0.4, -0.2) is 40.7 Å². The summed E-state index contributed by atoms with van der Waals surface area (Å²) in [4.78, 5) is 13.7. The van der Waals surface area contributed by atoms with E-state index in [1.807, 2.05) is 37.3 Å². The third-order valence-electron chi connectivity index (χ3n) is 3.34. The molecule has 1 aliphatic heterocycles. The Labute approximate surface area is 107 Å². The number of nitrogens with zero attached hydrogens (tertiary/aromatic N) is 1. The van der Waals surface area contributed by atoms with Gasteiger partial charge in [0.1, 0.15) is 5.75 Å². The molecular weight excluding hydrogens is 230 g/mol. The Morgan fingerprint density at radius 2 is 2.06 bits per heavy atom. The largest absolute Gasteiger partial charge is 0.481 e. The summed E-state index contributed by atoms with van der Waals surface area (Å²) >= 11 is 0. The summed E-state index contributed by atoms with van der Waals surface area (Å²) in [6.45, 7) is 4.47. The highest BCUT2D eigenvalue weighted by Crippen LogP contribution is 2.25. The van der Waals surface area contributed by atoms with Gasteiger partial charge in [-0.25, -0.2) is 0 Å². The van der Waals surface area contributed by atoms with Crippen LogP contribution in [0.4, 0.5) is 0 Å². The number of ether oxygens (including phenoxy) is 1. The van der Waals surface area contributed by atoms with Crippen LogP contribution in [0.25, 0.3) is 0 Å². The van der Waals surface area contributed by atoms with Gasteiger partial charge in [0, 0.05) is 0 Å². The van der Waals surface area contributed by atoms with Gasteiger partial charge in [-0.1, -0.05) is 25.1 Å². The molecule has 1 amide bonds. The maximum absolute atomic E-state index is 12.0. The summed E-state index contributed by atoms with van der Waals surface area (Å²) < 4.78 is 5.56. The van der Waals surface area contributed by atoms with E-state index in [4.69, 9.17) is 4.74 Å². The van der Waals surface area contributed by atoms with Gasteiger partial charge in [-0.05, 0) is 25.5 Å². The van der Waals surface area contributed by atoms with E-state index in [1.165, 1.54) is 0 Å². The number of para-hydroxylation sites is 1. The van der Waals surface area contributed by atoms with Crippen molar-refractivity contribution in [2.45, 2.75) is 32.0 Å². The van der Waals surface area contributed by atoms with Gasteiger partial charge in [0.2, 0.25) is 0 Å². The number of carbonyl (C=O) groups excluding carboxylic acids is 1.